The molecule has 0 spiro atoms. The van der Waals surface area contributed by atoms with Gasteiger partial charge in [0, 0.05) is 0 Å². The summed E-state index contributed by atoms with van der Waals surface area (Å²) in [4.78, 5) is 21.8. The van der Waals surface area contributed by atoms with Gasteiger partial charge in [-0.15, -0.1) is 0 Å². The van der Waals surface area contributed by atoms with Crippen LogP contribution in [0.3, 0.4) is 0 Å². The van der Waals surface area contributed by atoms with E-state index in [9.17, 15) is 14.9 Å². The number of nitro groups is 1. The summed E-state index contributed by atoms with van der Waals surface area (Å²) in [6.45, 7) is 3.17. The third-order valence-corrected chi connectivity index (χ3v) is 3.16. The second-order valence-electron chi connectivity index (χ2n) is 4.53. The molecule has 2 rings (SSSR count). The van der Waals surface area contributed by atoms with Gasteiger partial charge < -0.3 is 4.74 Å². The number of ether oxygens (including phenoxy) is 1. The lowest BCUT2D eigenvalue weighted by Gasteiger charge is -2.09. The van der Waals surface area contributed by atoms with Crippen molar-refractivity contribution in [3.63, 3.8) is 0 Å². The van der Waals surface area contributed by atoms with Gasteiger partial charge in [0.1, 0.15) is 11.5 Å². The average molecular weight is 306 g/mol. The van der Waals surface area contributed by atoms with Crippen molar-refractivity contribution in [2.24, 2.45) is 0 Å². The lowest BCUT2D eigenvalue weighted by molar-refractivity contribution is -0.385. The van der Waals surface area contributed by atoms with Crippen LogP contribution in [0.15, 0.2) is 36.4 Å². The predicted octanol–water partition coefficient (Wildman–Crippen LogP) is 4.55. The van der Waals surface area contributed by atoms with Gasteiger partial charge in [0.2, 0.25) is 0 Å². The van der Waals surface area contributed by atoms with Crippen LogP contribution in [0.25, 0.3) is 0 Å². The molecule has 5 nitrogen and oxygen atoms in total. The zero-order chi connectivity index (χ0) is 15.6. The molecule has 0 heterocycles. The molecule has 0 amide bonds. The first-order valence-corrected chi connectivity index (χ1v) is 6.49. The molecule has 0 fully saturated rings. The fourth-order valence-corrected chi connectivity index (χ4v) is 2.11. The van der Waals surface area contributed by atoms with E-state index in [2.05, 4.69) is 0 Å². The molecule has 0 saturated heterocycles. The van der Waals surface area contributed by atoms with E-state index in [0.29, 0.717) is 10.8 Å². The van der Waals surface area contributed by atoms with Gasteiger partial charge in [0.25, 0.3) is 5.69 Å². The van der Waals surface area contributed by atoms with E-state index in [-0.39, 0.29) is 22.8 Å². The standard InChI is InChI=1S/C15H12ClNO4/c1-9-3-6-15(13(16)7-9)21-11-4-5-12(10(2)18)14(8-11)17(19)20/h3-8H,1-2H3. The van der Waals surface area contributed by atoms with Crippen molar-refractivity contribution in [2.75, 3.05) is 0 Å². The summed E-state index contributed by atoms with van der Waals surface area (Å²) < 4.78 is 5.54. The van der Waals surface area contributed by atoms with E-state index in [1.165, 1.54) is 25.1 Å². The third kappa shape index (κ3) is 3.38. The summed E-state index contributed by atoms with van der Waals surface area (Å²) in [6, 6.07) is 9.32. The molecular weight excluding hydrogens is 294 g/mol. The van der Waals surface area contributed by atoms with E-state index in [1.54, 1.807) is 12.1 Å². The second-order valence-corrected chi connectivity index (χ2v) is 4.94. The number of hydrogen-bond donors (Lipinski definition) is 0. The molecule has 0 bridgehead atoms. The van der Waals surface area contributed by atoms with Gasteiger partial charge >= 0.3 is 0 Å². The quantitative estimate of drug-likeness (QED) is 0.472. The maximum absolute atomic E-state index is 11.4. The van der Waals surface area contributed by atoms with Crippen molar-refractivity contribution >= 4 is 23.1 Å². The number of rotatable bonds is 4. The highest BCUT2D eigenvalue weighted by molar-refractivity contribution is 6.32. The Morgan fingerprint density at radius 2 is 1.95 bits per heavy atom. The summed E-state index contributed by atoms with van der Waals surface area (Å²) in [5.41, 5.74) is 0.732. The molecular formula is C15H12ClNO4. The minimum absolute atomic E-state index is 0.0438. The molecule has 0 atom stereocenters. The van der Waals surface area contributed by atoms with E-state index < -0.39 is 4.92 Å². The Hall–Kier alpha value is -2.40. The molecule has 0 aliphatic rings. The number of aryl methyl sites for hydroxylation is 1. The number of carbonyl (C=O) groups excluding carboxylic acids is 1. The molecule has 21 heavy (non-hydrogen) atoms. The summed E-state index contributed by atoms with van der Waals surface area (Å²) in [5.74, 6) is 0.270. The SMILES string of the molecule is CC(=O)c1ccc(Oc2ccc(C)cc2Cl)cc1[N+](=O)[O-]. The summed E-state index contributed by atoms with van der Waals surface area (Å²) in [5, 5.41) is 11.4. The van der Waals surface area contributed by atoms with Gasteiger partial charge in [-0.05, 0) is 43.7 Å². The minimum Gasteiger partial charge on any atom is -0.456 e. The van der Waals surface area contributed by atoms with Crippen molar-refractivity contribution < 1.29 is 14.5 Å². The number of nitro benzene ring substituents is 1. The number of carbonyl (C=O) groups is 1. The topological polar surface area (TPSA) is 69.4 Å². The van der Waals surface area contributed by atoms with E-state index in [4.69, 9.17) is 16.3 Å². The molecule has 108 valence electrons. The smallest absolute Gasteiger partial charge is 0.283 e. The van der Waals surface area contributed by atoms with Gasteiger partial charge in [0.05, 0.1) is 21.6 Å². The van der Waals surface area contributed by atoms with Crippen molar-refractivity contribution in [1.82, 2.24) is 0 Å². The second kappa shape index (κ2) is 5.93. The van der Waals surface area contributed by atoms with E-state index in [0.717, 1.165) is 5.56 Å². The first-order chi connectivity index (χ1) is 9.88. The van der Waals surface area contributed by atoms with Crippen LogP contribution in [-0.2, 0) is 0 Å². The molecule has 6 heteroatoms. The van der Waals surface area contributed by atoms with Gasteiger partial charge in [0.15, 0.2) is 5.78 Å². The van der Waals surface area contributed by atoms with Crippen LogP contribution < -0.4 is 4.74 Å². The molecule has 0 radical (unpaired) electrons. The average Bonchev–Trinajstić information content (AvgIpc) is 2.41. The molecule has 0 N–H and O–H groups in total. The monoisotopic (exact) mass is 305 g/mol. The first-order valence-electron chi connectivity index (χ1n) is 6.12. The Kier molecular flexibility index (Phi) is 4.23. The van der Waals surface area contributed by atoms with Gasteiger partial charge in [-0.2, -0.15) is 0 Å². The number of benzene rings is 2. The van der Waals surface area contributed by atoms with Crippen molar-refractivity contribution in [3.8, 4) is 11.5 Å². The number of hydrogen-bond acceptors (Lipinski definition) is 4. The van der Waals surface area contributed by atoms with Crippen LogP contribution in [0.5, 0.6) is 11.5 Å². The van der Waals surface area contributed by atoms with Crippen molar-refractivity contribution in [1.29, 1.82) is 0 Å². The van der Waals surface area contributed by atoms with Crippen LogP contribution in [0.4, 0.5) is 5.69 Å². The minimum atomic E-state index is -0.611. The van der Waals surface area contributed by atoms with Crippen molar-refractivity contribution in [2.45, 2.75) is 13.8 Å². The number of ketones is 1. The van der Waals surface area contributed by atoms with Crippen molar-refractivity contribution in [3.05, 3.63) is 62.7 Å². The zero-order valence-electron chi connectivity index (χ0n) is 11.4. The van der Waals surface area contributed by atoms with Gasteiger partial charge in [-0.25, -0.2) is 0 Å². The van der Waals surface area contributed by atoms with E-state index in [1.807, 2.05) is 13.0 Å². The Labute approximate surface area is 126 Å². The fraction of sp³-hybridized carbons (Fsp3) is 0.133. The van der Waals surface area contributed by atoms with Crippen LogP contribution in [0, 0.1) is 17.0 Å². The van der Waals surface area contributed by atoms with Gasteiger partial charge in [-0.1, -0.05) is 17.7 Å². The number of nitrogens with zero attached hydrogens (tertiary/aromatic N) is 1. The maximum Gasteiger partial charge on any atom is 0.283 e. The zero-order valence-corrected chi connectivity index (χ0v) is 12.2. The highest BCUT2D eigenvalue weighted by atomic mass is 35.5. The van der Waals surface area contributed by atoms with Crippen LogP contribution in [0.1, 0.15) is 22.8 Å². The molecule has 0 aromatic heterocycles. The van der Waals surface area contributed by atoms with Crippen LogP contribution in [-0.4, -0.2) is 10.7 Å². The normalized spacial score (nSPS) is 10.2. The molecule has 0 aliphatic heterocycles. The molecule has 0 unspecified atom stereocenters. The molecule has 0 aliphatic carbocycles. The molecule has 2 aromatic rings. The highest BCUT2D eigenvalue weighted by Crippen LogP contribution is 2.32. The largest absolute Gasteiger partial charge is 0.456 e. The number of Topliss-reactive ketones (excluding diaryl/α,β-unsaturated/α-hetero) is 1. The lowest BCUT2D eigenvalue weighted by atomic mass is 10.1. The lowest BCUT2D eigenvalue weighted by Crippen LogP contribution is -2.00. The number of halogens is 1. The Bertz CT molecular complexity index is 728. The third-order valence-electron chi connectivity index (χ3n) is 2.86. The predicted molar refractivity (Wildman–Crippen MR) is 79.4 cm³/mol. The summed E-state index contributed by atoms with van der Waals surface area (Å²) >= 11 is 6.05. The fourth-order valence-electron chi connectivity index (χ4n) is 1.84. The first kappa shape index (κ1) is 15.0. The van der Waals surface area contributed by atoms with E-state index >= 15 is 0 Å². The van der Waals surface area contributed by atoms with Crippen LogP contribution in [0.2, 0.25) is 5.02 Å². The summed E-state index contributed by atoms with van der Waals surface area (Å²) in [7, 11) is 0. The van der Waals surface area contributed by atoms with Crippen LogP contribution >= 0.6 is 11.6 Å². The summed E-state index contributed by atoms with van der Waals surface area (Å²) in [6.07, 6.45) is 0. The Balaban J connectivity index is 2.39. The highest BCUT2D eigenvalue weighted by Gasteiger charge is 2.18. The Morgan fingerprint density at radius 3 is 2.52 bits per heavy atom. The Morgan fingerprint density at radius 1 is 1.24 bits per heavy atom. The maximum atomic E-state index is 11.4. The molecule has 0 saturated carbocycles. The molecule has 2 aromatic carbocycles. The van der Waals surface area contributed by atoms with Gasteiger partial charge in [-0.3, -0.25) is 14.9 Å².